The van der Waals surface area contributed by atoms with Crippen molar-refractivity contribution in [3.8, 4) is 0 Å². The van der Waals surface area contributed by atoms with Crippen molar-refractivity contribution in [3.63, 3.8) is 0 Å². The molecule has 2 aliphatic rings. The number of amides is 1. The van der Waals surface area contributed by atoms with E-state index in [-0.39, 0.29) is 11.3 Å². The molecule has 4 rings (SSSR count). The molecular formula is C19H19IN2O. The molecule has 0 bridgehead atoms. The number of carbonyl (C=O) groups is 1. The summed E-state index contributed by atoms with van der Waals surface area (Å²) >= 11 is 2.28. The van der Waals surface area contributed by atoms with Crippen LogP contribution < -0.4 is 5.32 Å². The van der Waals surface area contributed by atoms with Crippen LogP contribution in [-0.2, 0) is 16.6 Å². The van der Waals surface area contributed by atoms with Gasteiger partial charge in [-0.3, -0.25) is 4.79 Å². The first-order chi connectivity index (χ1) is 10.9. The zero-order chi connectivity index (χ0) is 16.2. The summed E-state index contributed by atoms with van der Waals surface area (Å²) < 4.78 is 1.13. The fourth-order valence-electron chi connectivity index (χ4n) is 3.70. The Bertz CT molecular complexity index is 845. The lowest BCUT2D eigenvalue weighted by Gasteiger charge is -2.29. The van der Waals surface area contributed by atoms with E-state index in [4.69, 9.17) is 0 Å². The van der Waals surface area contributed by atoms with Crippen LogP contribution in [0.2, 0.25) is 0 Å². The first kappa shape index (κ1) is 15.0. The number of anilines is 1. The van der Waals surface area contributed by atoms with Gasteiger partial charge in [-0.2, -0.15) is 0 Å². The van der Waals surface area contributed by atoms with E-state index in [1.807, 2.05) is 18.2 Å². The highest BCUT2D eigenvalue weighted by Crippen LogP contribution is 2.39. The maximum absolute atomic E-state index is 12.3. The lowest BCUT2D eigenvalue weighted by molar-refractivity contribution is -0.110. The monoisotopic (exact) mass is 418 g/mol. The first-order valence-corrected chi connectivity index (χ1v) is 9.07. The van der Waals surface area contributed by atoms with Gasteiger partial charge in [0.05, 0.1) is 5.57 Å². The summed E-state index contributed by atoms with van der Waals surface area (Å²) in [5.74, 6) is -0.0196. The number of nitrogens with one attached hydrogen (secondary N) is 2. The highest BCUT2D eigenvalue weighted by Gasteiger charge is 2.30. The van der Waals surface area contributed by atoms with Gasteiger partial charge >= 0.3 is 0 Å². The molecule has 1 aromatic heterocycles. The number of hydrogen-bond donors (Lipinski definition) is 2. The van der Waals surface area contributed by atoms with Crippen molar-refractivity contribution in [3.05, 3.63) is 50.4 Å². The molecule has 23 heavy (non-hydrogen) atoms. The van der Waals surface area contributed by atoms with Gasteiger partial charge in [-0.05, 0) is 83.2 Å². The predicted molar refractivity (Wildman–Crippen MR) is 102 cm³/mol. The molecule has 4 heteroatoms. The Hall–Kier alpha value is -1.56. The summed E-state index contributed by atoms with van der Waals surface area (Å²) in [5.41, 5.74) is 6.61. The molecule has 0 saturated heterocycles. The third-order valence-electron chi connectivity index (χ3n) is 4.94. The zero-order valence-electron chi connectivity index (χ0n) is 13.3. The third-order valence-corrected chi connectivity index (χ3v) is 5.61. The molecule has 2 aromatic rings. The molecule has 0 saturated carbocycles. The number of hydrogen-bond acceptors (Lipinski definition) is 1. The molecule has 2 N–H and O–H groups in total. The fourth-order valence-corrected chi connectivity index (χ4v) is 4.19. The molecule has 1 aliphatic heterocycles. The predicted octanol–water partition coefficient (Wildman–Crippen LogP) is 4.73. The first-order valence-electron chi connectivity index (χ1n) is 7.99. The van der Waals surface area contributed by atoms with E-state index < -0.39 is 0 Å². The Morgan fingerprint density at radius 2 is 2.09 bits per heavy atom. The minimum absolute atomic E-state index is 0.0196. The van der Waals surface area contributed by atoms with E-state index in [0.717, 1.165) is 32.5 Å². The van der Waals surface area contributed by atoms with Crippen LogP contribution in [0.25, 0.3) is 11.6 Å². The second kappa shape index (κ2) is 5.23. The fraction of sp³-hybridized carbons (Fsp3) is 0.316. The molecule has 0 atom stereocenters. The van der Waals surface area contributed by atoms with Crippen molar-refractivity contribution >= 4 is 45.8 Å². The molecule has 3 nitrogen and oxygen atoms in total. The van der Waals surface area contributed by atoms with E-state index in [1.54, 1.807) is 0 Å². The summed E-state index contributed by atoms with van der Waals surface area (Å²) in [6, 6.07) is 8.27. The van der Waals surface area contributed by atoms with Crippen molar-refractivity contribution in [2.24, 2.45) is 0 Å². The molecule has 118 valence electrons. The number of aromatic amines is 1. The van der Waals surface area contributed by atoms with Gasteiger partial charge in [0.25, 0.3) is 5.91 Å². The van der Waals surface area contributed by atoms with Crippen LogP contribution in [0.4, 0.5) is 5.69 Å². The zero-order valence-corrected chi connectivity index (χ0v) is 15.5. The van der Waals surface area contributed by atoms with Crippen molar-refractivity contribution < 1.29 is 4.79 Å². The molecular weight excluding hydrogens is 399 g/mol. The number of fused-ring (bicyclic) bond motifs is 2. The standard InChI is InChI=1S/C19H19IN2O/c1-19(2)7-3-4-17-15(19)10-12(21-17)9-14-13-8-11(20)5-6-16(13)22-18(14)23/h5-6,8-10,21H,3-4,7H2,1-2H3,(H,22,23). The number of aryl methyl sites for hydroxylation is 1. The van der Waals surface area contributed by atoms with E-state index >= 15 is 0 Å². The quantitative estimate of drug-likeness (QED) is 0.511. The van der Waals surface area contributed by atoms with E-state index in [2.05, 4.69) is 58.9 Å². The van der Waals surface area contributed by atoms with Gasteiger partial charge < -0.3 is 10.3 Å². The SMILES string of the molecule is CC1(C)CCCc2[nH]c(C=C3C(=O)Nc4ccc(I)cc43)cc21. The van der Waals surface area contributed by atoms with Gasteiger partial charge in [-0.15, -0.1) is 0 Å². The van der Waals surface area contributed by atoms with Crippen LogP contribution in [0.1, 0.15) is 49.2 Å². The Morgan fingerprint density at radius 1 is 1.26 bits per heavy atom. The van der Waals surface area contributed by atoms with Crippen LogP contribution in [0.15, 0.2) is 24.3 Å². The smallest absolute Gasteiger partial charge is 0.256 e. The van der Waals surface area contributed by atoms with Gasteiger partial charge in [0.1, 0.15) is 0 Å². The summed E-state index contributed by atoms with van der Waals surface area (Å²) in [4.78, 5) is 15.8. The molecule has 0 spiro atoms. The van der Waals surface area contributed by atoms with Crippen LogP contribution >= 0.6 is 22.6 Å². The van der Waals surface area contributed by atoms with Crippen LogP contribution in [0, 0.1) is 3.57 Å². The maximum atomic E-state index is 12.3. The average Bonchev–Trinajstić information content (AvgIpc) is 3.02. The van der Waals surface area contributed by atoms with Gasteiger partial charge in [-0.1, -0.05) is 13.8 Å². The van der Waals surface area contributed by atoms with Gasteiger partial charge in [0.15, 0.2) is 0 Å². The molecule has 0 fully saturated rings. The van der Waals surface area contributed by atoms with E-state index in [9.17, 15) is 4.79 Å². The highest BCUT2D eigenvalue weighted by molar-refractivity contribution is 14.1. The van der Waals surface area contributed by atoms with Crippen molar-refractivity contribution in [2.75, 3.05) is 5.32 Å². The molecule has 1 aromatic carbocycles. The van der Waals surface area contributed by atoms with Crippen LogP contribution in [0.3, 0.4) is 0 Å². The molecule has 1 aliphatic carbocycles. The second-order valence-electron chi connectivity index (χ2n) is 7.06. The minimum atomic E-state index is -0.0196. The minimum Gasteiger partial charge on any atom is -0.359 e. The lowest BCUT2D eigenvalue weighted by atomic mass is 9.75. The number of aromatic nitrogens is 1. The number of benzene rings is 1. The Labute approximate surface area is 149 Å². The highest BCUT2D eigenvalue weighted by atomic mass is 127. The summed E-state index contributed by atoms with van der Waals surface area (Å²) in [6.45, 7) is 4.60. The molecule has 0 radical (unpaired) electrons. The average molecular weight is 418 g/mol. The van der Waals surface area contributed by atoms with Crippen molar-refractivity contribution in [2.45, 2.75) is 38.5 Å². The van der Waals surface area contributed by atoms with Gasteiger partial charge in [-0.25, -0.2) is 0 Å². The second-order valence-corrected chi connectivity index (χ2v) is 8.30. The van der Waals surface area contributed by atoms with Crippen LogP contribution in [-0.4, -0.2) is 10.9 Å². The topological polar surface area (TPSA) is 44.9 Å². The van der Waals surface area contributed by atoms with Gasteiger partial charge in [0.2, 0.25) is 0 Å². The number of H-pyrrole nitrogens is 1. The Morgan fingerprint density at radius 3 is 2.87 bits per heavy atom. The number of rotatable bonds is 1. The lowest BCUT2D eigenvalue weighted by Crippen LogP contribution is -2.22. The van der Waals surface area contributed by atoms with Crippen molar-refractivity contribution in [1.29, 1.82) is 0 Å². The van der Waals surface area contributed by atoms with Crippen molar-refractivity contribution in [1.82, 2.24) is 4.98 Å². The third kappa shape index (κ3) is 2.53. The van der Waals surface area contributed by atoms with Crippen LogP contribution in [0.5, 0.6) is 0 Å². The van der Waals surface area contributed by atoms with E-state index in [0.29, 0.717) is 0 Å². The summed E-state index contributed by atoms with van der Waals surface area (Å²) in [7, 11) is 0. The Kier molecular flexibility index (Phi) is 3.41. The Balaban J connectivity index is 1.79. The van der Waals surface area contributed by atoms with Gasteiger partial charge in [0, 0.05) is 26.2 Å². The molecule has 1 amide bonds. The number of carbonyl (C=O) groups excluding carboxylic acids is 1. The van der Waals surface area contributed by atoms with E-state index in [1.165, 1.54) is 24.1 Å². The molecule has 2 heterocycles. The molecule has 0 unspecified atom stereocenters. The number of halogens is 1. The summed E-state index contributed by atoms with van der Waals surface area (Å²) in [6.07, 6.45) is 5.53. The normalized spacial score (nSPS) is 20.3. The summed E-state index contributed by atoms with van der Waals surface area (Å²) in [5, 5.41) is 2.95. The largest absolute Gasteiger partial charge is 0.359 e. The maximum Gasteiger partial charge on any atom is 0.256 e.